The third-order valence-electron chi connectivity index (χ3n) is 3.17. The summed E-state index contributed by atoms with van der Waals surface area (Å²) in [6.07, 6.45) is 1.11. The van der Waals surface area contributed by atoms with Gasteiger partial charge in [-0.1, -0.05) is 6.92 Å². The Morgan fingerprint density at radius 1 is 1.10 bits per heavy atom. The van der Waals surface area contributed by atoms with Gasteiger partial charge in [0.1, 0.15) is 23.9 Å². The fourth-order valence-electron chi connectivity index (χ4n) is 2.10. The van der Waals surface area contributed by atoms with Crippen molar-refractivity contribution in [2.45, 2.75) is 26.5 Å². The van der Waals surface area contributed by atoms with Gasteiger partial charge in [0.05, 0.1) is 6.54 Å². The Morgan fingerprint density at radius 2 is 1.95 bits per heavy atom. The summed E-state index contributed by atoms with van der Waals surface area (Å²) in [6.45, 7) is 4.54. The summed E-state index contributed by atoms with van der Waals surface area (Å²) in [5.41, 5.74) is 0. The molecule has 5 nitrogen and oxygen atoms in total. The topological polar surface area (TPSA) is 52.9 Å². The molecule has 5 heteroatoms. The number of nitrogens with one attached hydrogen (secondary N) is 1. The fraction of sp³-hybridized carbons (Fsp3) is 0.375. The van der Waals surface area contributed by atoms with Crippen LogP contribution in [0.5, 0.6) is 17.2 Å². The lowest BCUT2D eigenvalue weighted by molar-refractivity contribution is 0.173. The first-order valence-electron chi connectivity index (χ1n) is 7.16. The molecule has 112 valence electrons. The Morgan fingerprint density at radius 3 is 2.86 bits per heavy atom. The average Bonchev–Trinajstić information content (AvgIpc) is 3.13. The Kier molecular flexibility index (Phi) is 4.31. The second-order valence-corrected chi connectivity index (χ2v) is 4.85. The molecule has 0 radical (unpaired) electrons. The van der Waals surface area contributed by atoms with Gasteiger partial charge in [0.2, 0.25) is 6.79 Å². The van der Waals surface area contributed by atoms with Crippen molar-refractivity contribution in [3.8, 4) is 17.2 Å². The predicted octanol–water partition coefficient (Wildman–Crippen LogP) is 3.09. The first-order chi connectivity index (χ1) is 10.3. The molecule has 0 bridgehead atoms. The van der Waals surface area contributed by atoms with Crippen LogP contribution in [0.4, 0.5) is 0 Å². The molecule has 1 aromatic heterocycles. The molecule has 0 amide bonds. The van der Waals surface area contributed by atoms with Gasteiger partial charge in [-0.25, -0.2) is 0 Å². The standard InChI is InChI=1S/C16H19NO4/c1-2-7-17-9-13-3-4-14(21-13)10-18-12-5-6-15-16(8-12)20-11-19-15/h3-6,8,17H,2,7,9-11H2,1H3. The number of furan rings is 1. The van der Waals surface area contributed by atoms with Crippen molar-refractivity contribution >= 4 is 0 Å². The maximum absolute atomic E-state index is 5.71. The van der Waals surface area contributed by atoms with Crippen LogP contribution in [0.1, 0.15) is 24.9 Å². The third-order valence-corrected chi connectivity index (χ3v) is 3.17. The van der Waals surface area contributed by atoms with E-state index in [-0.39, 0.29) is 6.79 Å². The summed E-state index contributed by atoms with van der Waals surface area (Å²) in [7, 11) is 0. The number of benzene rings is 1. The highest BCUT2D eigenvalue weighted by molar-refractivity contribution is 5.46. The minimum atomic E-state index is 0.269. The summed E-state index contributed by atoms with van der Waals surface area (Å²) in [5, 5.41) is 3.30. The Bertz CT molecular complexity index is 594. The van der Waals surface area contributed by atoms with Crippen molar-refractivity contribution in [1.29, 1.82) is 0 Å². The maximum atomic E-state index is 5.71. The van der Waals surface area contributed by atoms with Crippen molar-refractivity contribution in [1.82, 2.24) is 5.32 Å². The van der Waals surface area contributed by atoms with Gasteiger partial charge >= 0.3 is 0 Å². The van der Waals surface area contributed by atoms with Crippen LogP contribution in [0.25, 0.3) is 0 Å². The molecule has 0 atom stereocenters. The van der Waals surface area contributed by atoms with Crippen LogP contribution in [0.15, 0.2) is 34.7 Å². The van der Waals surface area contributed by atoms with Crippen LogP contribution in [-0.4, -0.2) is 13.3 Å². The second kappa shape index (κ2) is 6.54. The maximum Gasteiger partial charge on any atom is 0.231 e. The van der Waals surface area contributed by atoms with Gasteiger partial charge < -0.3 is 23.9 Å². The number of ether oxygens (including phenoxy) is 3. The first-order valence-corrected chi connectivity index (χ1v) is 7.16. The monoisotopic (exact) mass is 289 g/mol. The Hall–Kier alpha value is -2.14. The van der Waals surface area contributed by atoms with E-state index >= 15 is 0 Å². The molecule has 2 heterocycles. The van der Waals surface area contributed by atoms with Crippen LogP contribution in [0.2, 0.25) is 0 Å². The van der Waals surface area contributed by atoms with Crippen LogP contribution in [-0.2, 0) is 13.2 Å². The molecule has 1 aliphatic rings. The molecule has 3 rings (SSSR count). The van der Waals surface area contributed by atoms with Crippen molar-refractivity contribution in [2.75, 3.05) is 13.3 Å². The van der Waals surface area contributed by atoms with Gasteiger partial charge in [-0.3, -0.25) is 0 Å². The average molecular weight is 289 g/mol. The van der Waals surface area contributed by atoms with E-state index in [1.807, 2.05) is 30.3 Å². The number of rotatable bonds is 7. The lowest BCUT2D eigenvalue weighted by Gasteiger charge is -2.05. The van der Waals surface area contributed by atoms with Crippen molar-refractivity contribution < 1.29 is 18.6 Å². The second-order valence-electron chi connectivity index (χ2n) is 4.85. The highest BCUT2D eigenvalue weighted by Gasteiger charge is 2.13. The SMILES string of the molecule is CCCNCc1ccc(COc2ccc3c(c2)OCO3)o1. The molecular formula is C16H19NO4. The Labute approximate surface area is 123 Å². The zero-order valence-electron chi connectivity index (χ0n) is 12.1. The molecular weight excluding hydrogens is 270 g/mol. The predicted molar refractivity (Wildman–Crippen MR) is 77.6 cm³/mol. The van der Waals surface area contributed by atoms with Gasteiger partial charge in [-0.2, -0.15) is 0 Å². The molecule has 1 aromatic carbocycles. The third kappa shape index (κ3) is 3.49. The zero-order chi connectivity index (χ0) is 14.5. The summed E-state index contributed by atoms with van der Waals surface area (Å²) in [4.78, 5) is 0. The fourth-order valence-corrected chi connectivity index (χ4v) is 2.10. The van der Waals surface area contributed by atoms with E-state index in [4.69, 9.17) is 18.6 Å². The molecule has 0 unspecified atom stereocenters. The highest BCUT2D eigenvalue weighted by atomic mass is 16.7. The van der Waals surface area contributed by atoms with Gasteiger partial charge in [-0.15, -0.1) is 0 Å². The Balaban J connectivity index is 1.53. The molecule has 0 saturated carbocycles. The molecule has 0 aliphatic carbocycles. The van der Waals surface area contributed by atoms with E-state index in [9.17, 15) is 0 Å². The zero-order valence-corrected chi connectivity index (χ0v) is 12.1. The summed E-state index contributed by atoms with van der Waals surface area (Å²) >= 11 is 0. The quantitative estimate of drug-likeness (QED) is 0.794. The van der Waals surface area contributed by atoms with Crippen LogP contribution < -0.4 is 19.5 Å². The number of hydrogen-bond donors (Lipinski definition) is 1. The van der Waals surface area contributed by atoms with Crippen molar-refractivity contribution in [3.05, 3.63) is 41.9 Å². The van der Waals surface area contributed by atoms with Crippen LogP contribution in [0, 0.1) is 0 Å². The summed E-state index contributed by atoms with van der Waals surface area (Å²) in [6, 6.07) is 9.45. The molecule has 1 N–H and O–H groups in total. The van der Waals surface area contributed by atoms with Gasteiger partial charge in [0.15, 0.2) is 11.5 Å². The molecule has 0 spiro atoms. The van der Waals surface area contributed by atoms with E-state index in [1.54, 1.807) is 0 Å². The molecule has 0 fully saturated rings. The normalized spacial score (nSPS) is 12.6. The number of hydrogen-bond acceptors (Lipinski definition) is 5. The summed E-state index contributed by atoms with van der Waals surface area (Å²) < 4.78 is 22.0. The molecule has 1 aliphatic heterocycles. The van der Waals surface area contributed by atoms with E-state index in [2.05, 4.69) is 12.2 Å². The summed E-state index contributed by atoms with van der Waals surface area (Å²) in [5.74, 6) is 3.94. The minimum Gasteiger partial charge on any atom is -0.486 e. The van der Waals surface area contributed by atoms with Crippen molar-refractivity contribution in [2.24, 2.45) is 0 Å². The number of fused-ring (bicyclic) bond motifs is 1. The van der Waals surface area contributed by atoms with Crippen molar-refractivity contribution in [3.63, 3.8) is 0 Å². The largest absolute Gasteiger partial charge is 0.486 e. The van der Waals surface area contributed by atoms with Crippen LogP contribution >= 0.6 is 0 Å². The van der Waals surface area contributed by atoms with Crippen LogP contribution in [0.3, 0.4) is 0 Å². The molecule has 21 heavy (non-hydrogen) atoms. The van der Waals surface area contributed by atoms with E-state index in [1.165, 1.54) is 0 Å². The smallest absolute Gasteiger partial charge is 0.231 e. The minimum absolute atomic E-state index is 0.269. The molecule has 0 saturated heterocycles. The first kappa shape index (κ1) is 13.8. The lowest BCUT2D eigenvalue weighted by Crippen LogP contribution is -2.13. The van der Waals surface area contributed by atoms with Gasteiger partial charge in [0, 0.05) is 6.07 Å². The molecule has 2 aromatic rings. The van der Waals surface area contributed by atoms with Gasteiger partial charge in [-0.05, 0) is 37.2 Å². The lowest BCUT2D eigenvalue weighted by atomic mass is 10.3. The highest BCUT2D eigenvalue weighted by Crippen LogP contribution is 2.35. The van der Waals surface area contributed by atoms with Gasteiger partial charge in [0.25, 0.3) is 0 Å². The van der Waals surface area contributed by atoms with E-state index < -0.39 is 0 Å². The van der Waals surface area contributed by atoms with E-state index in [0.29, 0.717) is 6.61 Å². The van der Waals surface area contributed by atoms with E-state index in [0.717, 1.165) is 48.3 Å².